The maximum atomic E-state index is 13.5. The summed E-state index contributed by atoms with van der Waals surface area (Å²) in [5.74, 6) is -0.201. The quantitative estimate of drug-likeness (QED) is 0.830. The van der Waals surface area contributed by atoms with Gasteiger partial charge < -0.3 is 9.80 Å². The molecule has 2 aliphatic rings. The number of hydrogen-bond acceptors (Lipinski definition) is 3. The lowest BCUT2D eigenvalue weighted by Crippen LogP contribution is -2.62. The van der Waals surface area contributed by atoms with Crippen LogP contribution < -0.4 is 0 Å². The Labute approximate surface area is 153 Å². The van der Waals surface area contributed by atoms with Crippen LogP contribution >= 0.6 is 0 Å². The number of carbonyl (C=O) groups excluding carboxylic acids is 1. The molecule has 1 atom stereocenters. The van der Waals surface area contributed by atoms with Gasteiger partial charge in [0.1, 0.15) is 5.82 Å². The van der Waals surface area contributed by atoms with Gasteiger partial charge in [-0.15, -0.1) is 0 Å². The second-order valence-electron chi connectivity index (χ2n) is 7.29. The van der Waals surface area contributed by atoms with Crippen LogP contribution in [-0.4, -0.2) is 73.0 Å². The Kier molecular flexibility index (Phi) is 4.74. The number of nitrogens with zero attached hydrogens (tertiary/aromatic N) is 3. The molecule has 2 fully saturated rings. The molecule has 4 rings (SSSR count). The van der Waals surface area contributed by atoms with Gasteiger partial charge in [-0.25, -0.2) is 4.39 Å². The third-order valence-electron chi connectivity index (χ3n) is 5.45. The lowest BCUT2D eigenvalue weighted by Gasteiger charge is -2.46. The van der Waals surface area contributed by atoms with E-state index in [1.54, 1.807) is 6.07 Å². The van der Waals surface area contributed by atoms with Gasteiger partial charge in [-0.3, -0.25) is 9.69 Å². The van der Waals surface area contributed by atoms with Crippen molar-refractivity contribution >= 4 is 5.91 Å². The number of rotatable bonds is 2. The molecule has 4 nitrogen and oxygen atoms in total. The molecular weight excluding hydrogens is 329 g/mol. The van der Waals surface area contributed by atoms with E-state index in [-0.39, 0.29) is 11.7 Å². The van der Waals surface area contributed by atoms with Crippen LogP contribution in [0.3, 0.4) is 0 Å². The summed E-state index contributed by atoms with van der Waals surface area (Å²) in [5.41, 5.74) is 2.33. The molecule has 2 heterocycles. The molecule has 2 aromatic carbocycles. The lowest BCUT2D eigenvalue weighted by molar-refractivity contribution is 0.0190. The van der Waals surface area contributed by atoms with Crippen LogP contribution in [0.2, 0.25) is 0 Å². The van der Waals surface area contributed by atoms with E-state index >= 15 is 0 Å². The van der Waals surface area contributed by atoms with Crippen molar-refractivity contribution in [2.75, 3.05) is 46.3 Å². The highest BCUT2D eigenvalue weighted by Crippen LogP contribution is 2.23. The fourth-order valence-electron chi connectivity index (χ4n) is 3.98. The number of likely N-dealkylation sites (N-methyl/N-ethyl adjacent to an activating group) is 1. The van der Waals surface area contributed by atoms with Crippen LogP contribution in [0.1, 0.15) is 10.4 Å². The van der Waals surface area contributed by atoms with Gasteiger partial charge in [-0.2, -0.15) is 0 Å². The van der Waals surface area contributed by atoms with Crippen LogP contribution in [0.4, 0.5) is 4.39 Å². The van der Waals surface area contributed by atoms with Crippen LogP contribution in [0.25, 0.3) is 11.1 Å². The van der Waals surface area contributed by atoms with Crippen molar-refractivity contribution in [3.63, 3.8) is 0 Å². The molecule has 0 saturated carbocycles. The Morgan fingerprint density at radius 3 is 2.50 bits per heavy atom. The van der Waals surface area contributed by atoms with Crippen molar-refractivity contribution < 1.29 is 9.18 Å². The molecule has 0 aromatic heterocycles. The number of carbonyl (C=O) groups is 1. The van der Waals surface area contributed by atoms with Gasteiger partial charge in [-0.05, 0) is 42.4 Å². The predicted octanol–water partition coefficient (Wildman–Crippen LogP) is 2.56. The van der Waals surface area contributed by atoms with E-state index in [4.69, 9.17) is 0 Å². The molecule has 0 bridgehead atoms. The normalized spacial score (nSPS) is 21.5. The van der Waals surface area contributed by atoms with Gasteiger partial charge in [-0.1, -0.05) is 24.3 Å². The number of halogens is 1. The maximum absolute atomic E-state index is 13.5. The maximum Gasteiger partial charge on any atom is 0.253 e. The second-order valence-corrected chi connectivity index (χ2v) is 7.29. The van der Waals surface area contributed by atoms with Gasteiger partial charge in [0.15, 0.2) is 0 Å². The molecule has 0 spiro atoms. The summed E-state index contributed by atoms with van der Waals surface area (Å²) in [6.45, 7) is 5.66. The molecule has 136 valence electrons. The number of hydrogen-bond donors (Lipinski definition) is 0. The molecule has 1 amide bonds. The monoisotopic (exact) mass is 353 g/mol. The van der Waals surface area contributed by atoms with Crippen molar-refractivity contribution in [3.8, 4) is 11.1 Å². The molecule has 26 heavy (non-hydrogen) atoms. The first-order valence-electron chi connectivity index (χ1n) is 9.18. The summed E-state index contributed by atoms with van der Waals surface area (Å²) >= 11 is 0. The SMILES string of the molecule is CN1CCN2CCN(C(=O)c3cccc(-c4cccc(F)c4)c3)C[C@@H]2C1. The zero-order valence-electron chi connectivity index (χ0n) is 15.1. The summed E-state index contributed by atoms with van der Waals surface area (Å²) < 4.78 is 13.5. The van der Waals surface area contributed by atoms with E-state index in [2.05, 4.69) is 16.8 Å². The number of amides is 1. The molecule has 2 saturated heterocycles. The highest BCUT2D eigenvalue weighted by atomic mass is 19.1. The fourth-order valence-corrected chi connectivity index (χ4v) is 3.98. The molecule has 5 heteroatoms. The van der Waals surface area contributed by atoms with Gasteiger partial charge in [0.25, 0.3) is 5.91 Å². The summed E-state index contributed by atoms with van der Waals surface area (Å²) in [5, 5.41) is 0. The average molecular weight is 353 g/mol. The molecule has 2 aromatic rings. The third-order valence-corrected chi connectivity index (χ3v) is 5.45. The minimum absolute atomic E-state index is 0.0659. The fraction of sp³-hybridized carbons (Fsp3) is 0.381. The summed E-state index contributed by atoms with van der Waals surface area (Å²) in [6, 6.07) is 14.4. The Balaban J connectivity index is 1.52. The van der Waals surface area contributed by atoms with Gasteiger partial charge >= 0.3 is 0 Å². The van der Waals surface area contributed by atoms with Crippen LogP contribution in [-0.2, 0) is 0 Å². The first-order valence-corrected chi connectivity index (χ1v) is 9.18. The number of piperazine rings is 2. The van der Waals surface area contributed by atoms with E-state index in [9.17, 15) is 9.18 Å². The molecule has 0 N–H and O–H groups in total. The van der Waals surface area contributed by atoms with Gasteiger partial charge in [0, 0.05) is 50.9 Å². The van der Waals surface area contributed by atoms with Crippen LogP contribution in [0.15, 0.2) is 48.5 Å². The van der Waals surface area contributed by atoms with E-state index in [1.165, 1.54) is 12.1 Å². The average Bonchev–Trinajstić information content (AvgIpc) is 2.67. The summed E-state index contributed by atoms with van der Waals surface area (Å²) in [6.07, 6.45) is 0. The smallest absolute Gasteiger partial charge is 0.253 e. The zero-order valence-corrected chi connectivity index (χ0v) is 15.1. The lowest BCUT2D eigenvalue weighted by atomic mass is 10.0. The summed E-state index contributed by atoms with van der Waals surface area (Å²) in [4.78, 5) is 19.8. The highest BCUT2D eigenvalue weighted by Gasteiger charge is 2.33. The third kappa shape index (κ3) is 3.50. The van der Waals surface area contributed by atoms with Crippen LogP contribution in [0.5, 0.6) is 0 Å². The predicted molar refractivity (Wildman–Crippen MR) is 101 cm³/mol. The Hall–Kier alpha value is -2.24. The Morgan fingerprint density at radius 1 is 0.962 bits per heavy atom. The molecule has 0 radical (unpaired) electrons. The van der Waals surface area contributed by atoms with E-state index in [0.29, 0.717) is 11.6 Å². The van der Waals surface area contributed by atoms with E-state index in [1.807, 2.05) is 35.2 Å². The molecular formula is C21H24FN3O. The molecule has 2 aliphatic heterocycles. The van der Waals surface area contributed by atoms with E-state index in [0.717, 1.165) is 50.4 Å². The zero-order chi connectivity index (χ0) is 18.1. The summed E-state index contributed by atoms with van der Waals surface area (Å²) in [7, 11) is 2.14. The first-order chi connectivity index (χ1) is 12.6. The van der Waals surface area contributed by atoms with Crippen molar-refractivity contribution in [1.29, 1.82) is 0 Å². The second kappa shape index (κ2) is 7.17. The van der Waals surface area contributed by atoms with Crippen LogP contribution in [0, 0.1) is 5.82 Å². The largest absolute Gasteiger partial charge is 0.336 e. The van der Waals surface area contributed by atoms with Crippen molar-refractivity contribution in [2.24, 2.45) is 0 Å². The number of benzene rings is 2. The standard InChI is InChI=1S/C21H24FN3O/c1-23-8-9-24-10-11-25(15-20(24)14-23)21(26)18-6-2-4-16(12-18)17-5-3-7-19(22)13-17/h2-7,12-13,20H,8-11,14-15H2,1H3/t20-/m0/s1. The molecule has 0 unspecified atom stereocenters. The van der Waals surface area contributed by atoms with E-state index < -0.39 is 0 Å². The highest BCUT2D eigenvalue weighted by molar-refractivity contribution is 5.95. The van der Waals surface area contributed by atoms with Crippen molar-refractivity contribution in [3.05, 3.63) is 59.9 Å². The number of fused-ring (bicyclic) bond motifs is 1. The Morgan fingerprint density at radius 2 is 1.69 bits per heavy atom. The van der Waals surface area contributed by atoms with Crippen molar-refractivity contribution in [2.45, 2.75) is 6.04 Å². The first kappa shape index (κ1) is 17.2. The van der Waals surface area contributed by atoms with Crippen molar-refractivity contribution in [1.82, 2.24) is 14.7 Å². The topological polar surface area (TPSA) is 26.8 Å². The minimum Gasteiger partial charge on any atom is -0.336 e. The molecule has 0 aliphatic carbocycles. The van der Waals surface area contributed by atoms with Gasteiger partial charge in [0.2, 0.25) is 0 Å². The Bertz CT molecular complexity index is 809. The minimum atomic E-state index is -0.267. The van der Waals surface area contributed by atoms with Gasteiger partial charge in [0.05, 0.1) is 0 Å².